The molecule has 2 aromatic heterocycles. The van der Waals surface area contributed by atoms with Gasteiger partial charge in [0.1, 0.15) is 0 Å². The first-order valence-electron chi connectivity index (χ1n) is 10.6. The second-order valence-corrected chi connectivity index (χ2v) is 7.98. The van der Waals surface area contributed by atoms with Crippen LogP contribution in [0.1, 0.15) is 56.1 Å². The van der Waals surface area contributed by atoms with Crippen LogP contribution in [0.3, 0.4) is 0 Å². The molecular weight excluding hydrogens is 408 g/mol. The quantitative estimate of drug-likeness (QED) is 0.409. The molecule has 2 heterocycles. The SMILES string of the molecule is CCC(N)C(C)c1ccc(-c2ccc3[nH]ncc3c2C2CC2)nc1.O=C(O)/C=C/C(=O)O. The molecule has 1 saturated carbocycles. The largest absolute Gasteiger partial charge is 0.478 e. The number of fused-ring (bicyclic) bond motifs is 1. The van der Waals surface area contributed by atoms with Crippen molar-refractivity contribution in [3.8, 4) is 11.3 Å². The van der Waals surface area contributed by atoms with Gasteiger partial charge in [-0.1, -0.05) is 26.0 Å². The summed E-state index contributed by atoms with van der Waals surface area (Å²) in [5.41, 5.74) is 12.2. The molecule has 8 nitrogen and oxygen atoms in total. The summed E-state index contributed by atoms with van der Waals surface area (Å²) in [6.45, 7) is 4.31. The number of nitrogens with two attached hydrogens (primary N) is 1. The predicted molar refractivity (Wildman–Crippen MR) is 122 cm³/mol. The van der Waals surface area contributed by atoms with Crippen molar-refractivity contribution in [2.75, 3.05) is 0 Å². The number of nitrogens with zero attached hydrogens (tertiary/aromatic N) is 2. The Morgan fingerprint density at radius 3 is 2.38 bits per heavy atom. The summed E-state index contributed by atoms with van der Waals surface area (Å²) in [6.07, 6.45) is 8.56. The Bertz CT molecular complexity index is 1100. The van der Waals surface area contributed by atoms with Crippen LogP contribution in [-0.4, -0.2) is 43.4 Å². The second kappa shape index (κ2) is 10.2. The third kappa shape index (κ3) is 5.59. The van der Waals surface area contributed by atoms with Crippen molar-refractivity contribution >= 4 is 22.8 Å². The molecule has 8 heteroatoms. The van der Waals surface area contributed by atoms with Gasteiger partial charge in [0, 0.05) is 35.3 Å². The Hall–Kier alpha value is -3.52. The monoisotopic (exact) mass is 436 g/mol. The highest BCUT2D eigenvalue weighted by Crippen LogP contribution is 2.47. The zero-order valence-electron chi connectivity index (χ0n) is 18.2. The zero-order valence-corrected chi connectivity index (χ0v) is 18.2. The standard InChI is InChI=1S/C20H24N4.C4H4O4/c1-3-17(21)12(2)14-6-8-18(22-10-14)15-7-9-19-16(11-23-24-19)20(15)13-4-5-13;5-3(6)1-2-4(7)8/h6-13,17H,3-5,21H2,1-2H3,(H,23,24);1-2H,(H,5,6)(H,7,8)/b;2-1+. The van der Waals surface area contributed by atoms with Crippen molar-refractivity contribution < 1.29 is 19.8 Å². The first-order valence-corrected chi connectivity index (χ1v) is 10.6. The summed E-state index contributed by atoms with van der Waals surface area (Å²) >= 11 is 0. The number of rotatable bonds is 7. The van der Waals surface area contributed by atoms with Gasteiger partial charge < -0.3 is 15.9 Å². The molecule has 5 N–H and O–H groups in total. The van der Waals surface area contributed by atoms with E-state index < -0.39 is 11.9 Å². The fraction of sp³-hybridized carbons (Fsp3) is 0.333. The molecular formula is C24H28N4O4. The van der Waals surface area contributed by atoms with Crippen molar-refractivity contribution in [3.63, 3.8) is 0 Å². The lowest BCUT2D eigenvalue weighted by Crippen LogP contribution is -2.25. The van der Waals surface area contributed by atoms with Crippen molar-refractivity contribution in [2.24, 2.45) is 5.73 Å². The molecule has 0 saturated heterocycles. The maximum absolute atomic E-state index is 9.55. The van der Waals surface area contributed by atoms with Crippen LogP contribution < -0.4 is 5.73 Å². The molecule has 1 aliphatic rings. The molecule has 0 amide bonds. The van der Waals surface area contributed by atoms with E-state index in [1.165, 1.54) is 34.9 Å². The van der Waals surface area contributed by atoms with E-state index in [-0.39, 0.29) is 6.04 Å². The first-order chi connectivity index (χ1) is 15.3. The van der Waals surface area contributed by atoms with Gasteiger partial charge in [-0.3, -0.25) is 10.1 Å². The Kier molecular flexibility index (Phi) is 7.37. The third-order valence-electron chi connectivity index (χ3n) is 5.72. The Morgan fingerprint density at radius 2 is 1.84 bits per heavy atom. The molecule has 0 bridgehead atoms. The van der Waals surface area contributed by atoms with Crippen molar-refractivity contribution in [1.29, 1.82) is 0 Å². The number of aromatic nitrogens is 3. The van der Waals surface area contributed by atoms with Gasteiger partial charge in [0.05, 0.1) is 17.4 Å². The van der Waals surface area contributed by atoms with Gasteiger partial charge in [0.25, 0.3) is 0 Å². The fourth-order valence-corrected chi connectivity index (χ4v) is 3.65. The predicted octanol–water partition coefficient (Wildman–Crippen LogP) is 4.05. The molecule has 0 aliphatic heterocycles. The average Bonchev–Trinajstić information content (AvgIpc) is 3.52. The third-order valence-corrected chi connectivity index (χ3v) is 5.72. The van der Waals surface area contributed by atoms with Crippen molar-refractivity contribution in [2.45, 2.75) is 51.0 Å². The number of pyridine rings is 1. The van der Waals surface area contributed by atoms with Crippen LogP contribution in [-0.2, 0) is 9.59 Å². The zero-order chi connectivity index (χ0) is 23.3. The van der Waals surface area contributed by atoms with Gasteiger partial charge in [-0.25, -0.2) is 9.59 Å². The lowest BCUT2D eigenvalue weighted by atomic mass is 9.92. The number of H-pyrrole nitrogens is 1. The molecule has 2 unspecified atom stereocenters. The highest BCUT2D eigenvalue weighted by atomic mass is 16.4. The molecule has 1 aromatic carbocycles. The molecule has 32 heavy (non-hydrogen) atoms. The van der Waals surface area contributed by atoms with E-state index in [1.807, 2.05) is 12.4 Å². The number of nitrogens with one attached hydrogen (secondary N) is 1. The number of hydrogen-bond acceptors (Lipinski definition) is 5. The maximum atomic E-state index is 9.55. The second-order valence-electron chi connectivity index (χ2n) is 7.98. The highest BCUT2D eigenvalue weighted by molar-refractivity contribution is 5.90. The van der Waals surface area contributed by atoms with Crippen LogP contribution in [0.5, 0.6) is 0 Å². The van der Waals surface area contributed by atoms with E-state index >= 15 is 0 Å². The molecule has 1 aliphatic carbocycles. The average molecular weight is 437 g/mol. The number of aromatic amines is 1. The molecule has 168 valence electrons. The minimum atomic E-state index is -1.26. The van der Waals surface area contributed by atoms with E-state index in [9.17, 15) is 9.59 Å². The van der Waals surface area contributed by atoms with E-state index in [2.05, 4.69) is 48.3 Å². The summed E-state index contributed by atoms with van der Waals surface area (Å²) in [4.78, 5) is 23.9. The summed E-state index contributed by atoms with van der Waals surface area (Å²) in [5, 5.41) is 24.2. The van der Waals surface area contributed by atoms with E-state index in [0.29, 0.717) is 24.0 Å². The molecule has 0 radical (unpaired) electrons. The van der Waals surface area contributed by atoms with Crippen LogP contribution in [0.15, 0.2) is 48.8 Å². The van der Waals surface area contributed by atoms with Crippen LogP contribution in [0, 0.1) is 0 Å². The van der Waals surface area contributed by atoms with Gasteiger partial charge in [-0.05, 0) is 54.4 Å². The smallest absolute Gasteiger partial charge is 0.328 e. The lowest BCUT2D eigenvalue weighted by molar-refractivity contribution is -0.134. The van der Waals surface area contributed by atoms with Gasteiger partial charge in [0.2, 0.25) is 0 Å². The number of carboxylic acid groups (broad SMARTS) is 2. The first kappa shape index (κ1) is 23.1. The summed E-state index contributed by atoms with van der Waals surface area (Å²) in [6, 6.07) is 8.79. The number of carboxylic acids is 2. The Labute approximate surface area is 186 Å². The summed E-state index contributed by atoms with van der Waals surface area (Å²) < 4.78 is 0. The van der Waals surface area contributed by atoms with E-state index in [4.69, 9.17) is 20.9 Å². The topological polar surface area (TPSA) is 142 Å². The van der Waals surface area contributed by atoms with Gasteiger partial charge >= 0.3 is 11.9 Å². The minimum absolute atomic E-state index is 0.182. The Balaban J connectivity index is 0.000000312. The van der Waals surface area contributed by atoms with Gasteiger partial charge in [-0.15, -0.1) is 0 Å². The number of benzene rings is 1. The molecule has 1 fully saturated rings. The van der Waals surface area contributed by atoms with Crippen molar-refractivity contribution in [1.82, 2.24) is 15.2 Å². The van der Waals surface area contributed by atoms with Crippen LogP contribution in [0.25, 0.3) is 22.2 Å². The maximum Gasteiger partial charge on any atom is 0.328 e. The van der Waals surface area contributed by atoms with E-state index in [0.717, 1.165) is 17.6 Å². The van der Waals surface area contributed by atoms with Crippen LogP contribution in [0.2, 0.25) is 0 Å². The lowest BCUT2D eigenvalue weighted by Gasteiger charge is -2.18. The van der Waals surface area contributed by atoms with Crippen LogP contribution in [0.4, 0.5) is 0 Å². The van der Waals surface area contributed by atoms with Gasteiger partial charge in [-0.2, -0.15) is 5.10 Å². The van der Waals surface area contributed by atoms with Gasteiger partial charge in [0.15, 0.2) is 0 Å². The highest BCUT2D eigenvalue weighted by Gasteiger charge is 2.29. The van der Waals surface area contributed by atoms with E-state index in [1.54, 1.807) is 0 Å². The fourth-order valence-electron chi connectivity index (χ4n) is 3.65. The normalized spacial score (nSPS) is 15.2. The number of carbonyl (C=O) groups is 2. The molecule has 3 aromatic rings. The summed E-state index contributed by atoms with van der Waals surface area (Å²) in [5.74, 6) is -1.54. The van der Waals surface area contributed by atoms with Crippen LogP contribution >= 0.6 is 0 Å². The Morgan fingerprint density at radius 1 is 1.16 bits per heavy atom. The number of aliphatic carboxylic acids is 2. The number of hydrogen-bond donors (Lipinski definition) is 4. The molecule has 4 rings (SSSR count). The summed E-state index contributed by atoms with van der Waals surface area (Å²) in [7, 11) is 0. The molecule has 0 spiro atoms. The van der Waals surface area contributed by atoms with Crippen molar-refractivity contribution in [3.05, 3.63) is 59.9 Å². The molecule has 2 atom stereocenters. The minimum Gasteiger partial charge on any atom is -0.478 e.